The summed E-state index contributed by atoms with van der Waals surface area (Å²) in [6.45, 7) is 6.51. The Labute approximate surface area is 146 Å². The lowest BCUT2D eigenvalue weighted by molar-refractivity contribution is 0.0927. The van der Waals surface area contributed by atoms with Crippen molar-refractivity contribution in [2.45, 2.75) is 52.3 Å². The van der Waals surface area contributed by atoms with Crippen LogP contribution in [-0.2, 0) is 13.0 Å². The van der Waals surface area contributed by atoms with Gasteiger partial charge in [0.25, 0.3) is 5.91 Å². The number of ether oxygens (including phenoxy) is 1. The minimum atomic E-state index is -0.175. The molecule has 6 nitrogen and oxygen atoms in total. The summed E-state index contributed by atoms with van der Waals surface area (Å²) in [5, 5.41) is 3.39. The molecule has 0 unspecified atom stereocenters. The topological polar surface area (TPSA) is 69.0 Å². The van der Waals surface area contributed by atoms with Crippen molar-refractivity contribution in [2.24, 2.45) is 0 Å². The number of nitrogens with one attached hydrogen (secondary N) is 1. The van der Waals surface area contributed by atoms with E-state index >= 15 is 0 Å². The average molecular weight is 349 g/mol. The van der Waals surface area contributed by atoms with Gasteiger partial charge in [-0.25, -0.2) is 9.97 Å². The number of pyridine rings is 1. The molecule has 1 aliphatic rings. The highest BCUT2D eigenvalue weighted by Crippen LogP contribution is 2.23. The lowest BCUT2D eigenvalue weighted by atomic mass is 10.1. The zero-order valence-corrected chi connectivity index (χ0v) is 14.8. The molecule has 1 N–H and O–H groups in total. The largest absolute Gasteiger partial charge is 0.474 e. The smallest absolute Gasteiger partial charge is 0.253 e. The van der Waals surface area contributed by atoms with E-state index in [0.29, 0.717) is 16.5 Å². The van der Waals surface area contributed by atoms with Crippen molar-refractivity contribution >= 4 is 17.5 Å². The highest BCUT2D eigenvalue weighted by molar-refractivity contribution is 6.32. The minimum Gasteiger partial charge on any atom is -0.474 e. The van der Waals surface area contributed by atoms with Gasteiger partial charge in [-0.3, -0.25) is 4.79 Å². The second-order valence-corrected chi connectivity index (χ2v) is 6.74. The molecule has 0 aromatic carbocycles. The molecule has 1 amide bonds. The van der Waals surface area contributed by atoms with Crippen LogP contribution in [-0.4, -0.2) is 32.6 Å². The number of aryl methyl sites for hydroxylation is 2. The van der Waals surface area contributed by atoms with Gasteiger partial charge in [0.15, 0.2) is 0 Å². The number of nitrogens with zero attached hydrogens (tertiary/aromatic N) is 3. The molecule has 0 radical (unpaired) electrons. The number of rotatable bonds is 4. The summed E-state index contributed by atoms with van der Waals surface area (Å²) < 4.78 is 7.59. The summed E-state index contributed by atoms with van der Waals surface area (Å²) in [4.78, 5) is 21.1. The van der Waals surface area contributed by atoms with Crippen LogP contribution in [0.25, 0.3) is 0 Å². The van der Waals surface area contributed by atoms with Crippen LogP contribution in [0.4, 0.5) is 0 Å². The molecule has 1 aliphatic heterocycles. The maximum absolute atomic E-state index is 12.4. The first-order valence-electron chi connectivity index (χ1n) is 8.08. The van der Waals surface area contributed by atoms with Gasteiger partial charge in [0.2, 0.25) is 5.88 Å². The maximum Gasteiger partial charge on any atom is 0.253 e. The molecule has 3 rings (SSSR count). The summed E-state index contributed by atoms with van der Waals surface area (Å²) in [7, 11) is 0. The van der Waals surface area contributed by atoms with Crippen LogP contribution in [0.5, 0.6) is 5.88 Å². The summed E-state index contributed by atoms with van der Waals surface area (Å²) in [5.41, 5.74) is 1.44. The Balaban J connectivity index is 1.66. The number of fused-ring (bicyclic) bond motifs is 1. The molecule has 24 heavy (non-hydrogen) atoms. The molecule has 2 aromatic rings. The fraction of sp³-hybridized carbons (Fsp3) is 0.471. The summed E-state index contributed by atoms with van der Waals surface area (Å²) in [6.07, 6.45) is 5.22. The summed E-state index contributed by atoms with van der Waals surface area (Å²) >= 11 is 6.15. The Morgan fingerprint density at radius 1 is 1.50 bits per heavy atom. The monoisotopic (exact) mass is 348 g/mol. The van der Waals surface area contributed by atoms with Crippen molar-refractivity contribution < 1.29 is 9.53 Å². The normalized spacial score (nSPS) is 16.8. The Bertz CT molecular complexity index is 757. The van der Waals surface area contributed by atoms with Crippen molar-refractivity contribution in [2.75, 3.05) is 0 Å². The van der Waals surface area contributed by atoms with Gasteiger partial charge in [-0.05, 0) is 33.3 Å². The van der Waals surface area contributed by atoms with E-state index in [-0.39, 0.29) is 18.1 Å². The van der Waals surface area contributed by atoms with Gasteiger partial charge in [-0.1, -0.05) is 11.6 Å². The standard InChI is InChI=1S/C17H21ClN4O2/c1-10(2)24-17-14(18)6-12(7-19-17)16(23)21-13-4-5-15-20-11(3)8-22(15)9-13/h6-8,10,13H,4-5,9H2,1-3H3,(H,21,23)/t13-/m0/s1. The number of halogens is 1. The predicted molar refractivity (Wildman–Crippen MR) is 91.6 cm³/mol. The first kappa shape index (κ1) is 16.8. The fourth-order valence-corrected chi connectivity index (χ4v) is 3.04. The third-order valence-corrected chi connectivity index (χ3v) is 4.14. The average Bonchev–Trinajstić information content (AvgIpc) is 2.88. The molecule has 2 aromatic heterocycles. The van der Waals surface area contributed by atoms with E-state index in [1.165, 1.54) is 6.20 Å². The van der Waals surface area contributed by atoms with E-state index in [1.807, 2.05) is 27.0 Å². The van der Waals surface area contributed by atoms with Crippen molar-refractivity contribution in [3.8, 4) is 5.88 Å². The van der Waals surface area contributed by atoms with Crippen LogP contribution in [0.2, 0.25) is 5.02 Å². The number of amides is 1. The van der Waals surface area contributed by atoms with Crippen molar-refractivity contribution in [1.29, 1.82) is 0 Å². The SMILES string of the molecule is Cc1cn2c(n1)CC[C@H](NC(=O)c1cnc(OC(C)C)c(Cl)c1)C2. The Hall–Kier alpha value is -2.08. The van der Waals surface area contributed by atoms with Crippen LogP contribution in [0, 0.1) is 6.92 Å². The first-order chi connectivity index (χ1) is 11.4. The highest BCUT2D eigenvalue weighted by Gasteiger charge is 2.22. The maximum atomic E-state index is 12.4. The molecule has 0 spiro atoms. The van der Waals surface area contributed by atoms with Crippen molar-refractivity contribution in [1.82, 2.24) is 19.9 Å². The first-order valence-corrected chi connectivity index (χ1v) is 8.46. The molecule has 1 atom stereocenters. The molecule has 128 valence electrons. The minimum absolute atomic E-state index is 0.0234. The van der Waals surface area contributed by atoms with Crippen LogP contribution < -0.4 is 10.1 Å². The molecule has 0 bridgehead atoms. The van der Waals surface area contributed by atoms with E-state index in [1.54, 1.807) is 6.07 Å². The van der Waals surface area contributed by atoms with Gasteiger partial charge in [-0.15, -0.1) is 0 Å². The number of hydrogen-bond acceptors (Lipinski definition) is 4. The summed E-state index contributed by atoms with van der Waals surface area (Å²) in [6, 6.07) is 1.67. The molecule has 0 aliphatic carbocycles. The molecule has 3 heterocycles. The third kappa shape index (κ3) is 3.70. The van der Waals surface area contributed by atoms with E-state index in [0.717, 1.165) is 30.9 Å². The second kappa shape index (κ2) is 6.81. The zero-order chi connectivity index (χ0) is 17.3. The van der Waals surface area contributed by atoms with Crippen LogP contribution in [0.15, 0.2) is 18.5 Å². The Morgan fingerprint density at radius 2 is 2.29 bits per heavy atom. The van der Waals surface area contributed by atoms with Gasteiger partial charge in [0.1, 0.15) is 10.8 Å². The zero-order valence-electron chi connectivity index (χ0n) is 14.0. The van der Waals surface area contributed by atoms with Crippen LogP contribution in [0.3, 0.4) is 0 Å². The van der Waals surface area contributed by atoms with Gasteiger partial charge in [0, 0.05) is 31.4 Å². The number of aromatic nitrogens is 3. The molecule has 7 heteroatoms. The third-order valence-electron chi connectivity index (χ3n) is 3.87. The Kier molecular flexibility index (Phi) is 4.76. The number of imidazole rings is 1. The van der Waals surface area contributed by atoms with E-state index < -0.39 is 0 Å². The number of carbonyl (C=O) groups is 1. The predicted octanol–water partition coefficient (Wildman–Crippen LogP) is 2.77. The molecular formula is C17H21ClN4O2. The lowest BCUT2D eigenvalue weighted by Gasteiger charge is -2.24. The molecular weight excluding hydrogens is 328 g/mol. The van der Waals surface area contributed by atoms with Gasteiger partial charge >= 0.3 is 0 Å². The molecule has 0 fully saturated rings. The summed E-state index contributed by atoms with van der Waals surface area (Å²) in [5.74, 6) is 1.25. The van der Waals surface area contributed by atoms with Gasteiger partial charge < -0.3 is 14.6 Å². The van der Waals surface area contributed by atoms with E-state index in [4.69, 9.17) is 16.3 Å². The van der Waals surface area contributed by atoms with Gasteiger partial charge in [-0.2, -0.15) is 0 Å². The van der Waals surface area contributed by atoms with Gasteiger partial charge in [0.05, 0.1) is 17.4 Å². The second-order valence-electron chi connectivity index (χ2n) is 6.34. The highest BCUT2D eigenvalue weighted by atomic mass is 35.5. The molecule has 0 saturated carbocycles. The number of hydrogen-bond donors (Lipinski definition) is 1. The quantitative estimate of drug-likeness (QED) is 0.922. The van der Waals surface area contributed by atoms with Crippen molar-refractivity contribution in [3.05, 3.63) is 40.6 Å². The van der Waals surface area contributed by atoms with Crippen LogP contribution >= 0.6 is 11.6 Å². The Morgan fingerprint density at radius 3 is 3.00 bits per heavy atom. The van der Waals surface area contributed by atoms with Crippen LogP contribution in [0.1, 0.15) is 42.1 Å². The lowest BCUT2D eigenvalue weighted by Crippen LogP contribution is -2.40. The fourth-order valence-electron chi connectivity index (χ4n) is 2.83. The van der Waals surface area contributed by atoms with E-state index in [9.17, 15) is 4.79 Å². The molecule has 0 saturated heterocycles. The number of carbonyl (C=O) groups excluding carboxylic acids is 1. The van der Waals surface area contributed by atoms with Crippen molar-refractivity contribution in [3.63, 3.8) is 0 Å². The van der Waals surface area contributed by atoms with E-state index in [2.05, 4.69) is 19.9 Å².